The van der Waals surface area contributed by atoms with Gasteiger partial charge >= 0.3 is 5.97 Å². The molecular weight excluding hydrogens is 370 g/mol. The van der Waals surface area contributed by atoms with E-state index in [1.54, 1.807) is 6.20 Å². The molecular formula is C18H21N3O5S. The lowest BCUT2D eigenvalue weighted by Gasteiger charge is -2.07. The molecule has 1 aromatic carbocycles. The maximum absolute atomic E-state index is 11.9. The normalized spacial score (nSPS) is 10.6. The van der Waals surface area contributed by atoms with Gasteiger partial charge in [-0.25, -0.2) is 0 Å². The largest absolute Gasteiger partial charge is 0.481 e. The van der Waals surface area contributed by atoms with Crippen molar-refractivity contribution in [2.75, 3.05) is 12.3 Å². The number of aliphatic carboxylic acids is 1. The monoisotopic (exact) mass is 391 g/mol. The van der Waals surface area contributed by atoms with Crippen molar-refractivity contribution in [3.63, 3.8) is 0 Å². The molecule has 144 valence electrons. The molecule has 1 aromatic heterocycles. The summed E-state index contributed by atoms with van der Waals surface area (Å²) in [7, 11) is 0. The summed E-state index contributed by atoms with van der Waals surface area (Å²) in [6.07, 6.45) is 1.76. The molecule has 0 aliphatic rings. The molecule has 0 aliphatic carbocycles. The van der Waals surface area contributed by atoms with E-state index in [9.17, 15) is 19.2 Å². The summed E-state index contributed by atoms with van der Waals surface area (Å²) in [5, 5.41) is 14.9. The lowest BCUT2D eigenvalue weighted by atomic mass is 10.1. The number of carboxylic acid groups (broad SMARTS) is 1. The minimum atomic E-state index is -0.910. The van der Waals surface area contributed by atoms with Crippen molar-refractivity contribution >= 4 is 45.6 Å². The van der Waals surface area contributed by atoms with Crippen LogP contribution >= 0.6 is 11.8 Å². The summed E-state index contributed by atoms with van der Waals surface area (Å²) in [5.74, 6) is -1.14. The fraction of sp³-hybridized carbons (Fsp3) is 0.333. The summed E-state index contributed by atoms with van der Waals surface area (Å²) in [4.78, 5) is 48.2. The Kier molecular flexibility index (Phi) is 7.42. The van der Waals surface area contributed by atoms with Gasteiger partial charge in [-0.1, -0.05) is 17.8 Å². The van der Waals surface area contributed by atoms with Gasteiger partial charge in [-0.15, -0.1) is 0 Å². The maximum atomic E-state index is 11.9. The third kappa shape index (κ3) is 6.78. The molecule has 0 fully saturated rings. The Hall–Kier alpha value is -2.81. The zero-order valence-electron chi connectivity index (χ0n) is 14.8. The number of aromatic amines is 1. The van der Waals surface area contributed by atoms with Crippen LogP contribution in [0, 0.1) is 0 Å². The SMILES string of the molecule is CC(=O)SCCC(=O)NCC(=O)NCc1ccc2[nH]cc(CC(=O)O)c2c1. The summed E-state index contributed by atoms with van der Waals surface area (Å²) in [5.41, 5.74) is 2.34. The zero-order valence-corrected chi connectivity index (χ0v) is 15.6. The van der Waals surface area contributed by atoms with E-state index < -0.39 is 5.97 Å². The molecule has 0 unspecified atom stereocenters. The van der Waals surface area contributed by atoms with Crippen LogP contribution in [0.3, 0.4) is 0 Å². The first kappa shape index (κ1) is 20.5. The molecule has 0 aliphatic heterocycles. The smallest absolute Gasteiger partial charge is 0.307 e. The van der Waals surface area contributed by atoms with Crippen molar-refractivity contribution in [1.29, 1.82) is 0 Å². The fourth-order valence-electron chi connectivity index (χ4n) is 2.46. The van der Waals surface area contributed by atoms with Gasteiger partial charge in [0.1, 0.15) is 0 Å². The average molecular weight is 391 g/mol. The van der Waals surface area contributed by atoms with Crippen LogP contribution < -0.4 is 10.6 Å². The van der Waals surface area contributed by atoms with Gasteiger partial charge in [0.05, 0.1) is 13.0 Å². The predicted octanol–water partition coefficient (Wildman–Crippen LogP) is 1.20. The van der Waals surface area contributed by atoms with E-state index in [1.165, 1.54) is 6.92 Å². The van der Waals surface area contributed by atoms with Crippen LogP contribution in [-0.2, 0) is 32.1 Å². The van der Waals surface area contributed by atoms with Crippen LogP contribution in [0.15, 0.2) is 24.4 Å². The highest BCUT2D eigenvalue weighted by molar-refractivity contribution is 8.13. The van der Waals surface area contributed by atoms with E-state index in [-0.39, 0.29) is 42.9 Å². The number of rotatable bonds is 9. The van der Waals surface area contributed by atoms with Gasteiger partial charge in [0, 0.05) is 42.7 Å². The number of amides is 2. The predicted molar refractivity (Wildman–Crippen MR) is 102 cm³/mol. The van der Waals surface area contributed by atoms with Crippen LogP contribution in [0.4, 0.5) is 0 Å². The van der Waals surface area contributed by atoms with E-state index in [0.29, 0.717) is 11.3 Å². The van der Waals surface area contributed by atoms with Gasteiger partial charge in [0.15, 0.2) is 5.12 Å². The van der Waals surface area contributed by atoms with Crippen molar-refractivity contribution in [3.05, 3.63) is 35.5 Å². The van der Waals surface area contributed by atoms with E-state index in [2.05, 4.69) is 15.6 Å². The molecule has 8 nitrogen and oxygen atoms in total. The van der Waals surface area contributed by atoms with Crippen LogP contribution in [0.1, 0.15) is 24.5 Å². The highest BCUT2D eigenvalue weighted by Gasteiger charge is 2.10. The second kappa shape index (κ2) is 9.77. The van der Waals surface area contributed by atoms with Crippen molar-refractivity contribution in [2.24, 2.45) is 0 Å². The van der Waals surface area contributed by atoms with Gasteiger partial charge in [0.2, 0.25) is 11.8 Å². The summed E-state index contributed by atoms with van der Waals surface area (Å²) < 4.78 is 0. The highest BCUT2D eigenvalue weighted by Crippen LogP contribution is 2.20. The van der Waals surface area contributed by atoms with E-state index in [4.69, 9.17) is 5.11 Å². The highest BCUT2D eigenvalue weighted by atomic mass is 32.2. The van der Waals surface area contributed by atoms with Gasteiger partial charge in [-0.3, -0.25) is 19.2 Å². The van der Waals surface area contributed by atoms with Crippen LogP contribution in [0.2, 0.25) is 0 Å². The third-order valence-electron chi connectivity index (χ3n) is 3.74. The van der Waals surface area contributed by atoms with Crippen molar-refractivity contribution in [1.82, 2.24) is 15.6 Å². The maximum Gasteiger partial charge on any atom is 0.307 e. The standard InChI is InChI=1S/C18H21N3O5S/c1-11(22)27-5-4-16(23)21-10-17(24)20-8-12-2-3-15-14(6-12)13(9-19-15)7-18(25)26/h2-3,6,9,19H,4-5,7-8,10H2,1H3,(H,20,24)(H,21,23)(H,25,26). The molecule has 0 atom stereocenters. The summed E-state index contributed by atoms with van der Waals surface area (Å²) >= 11 is 1.07. The lowest BCUT2D eigenvalue weighted by molar-refractivity contribution is -0.136. The Labute approximate surface area is 160 Å². The Balaban J connectivity index is 1.81. The first-order chi connectivity index (χ1) is 12.8. The number of benzene rings is 1. The first-order valence-corrected chi connectivity index (χ1v) is 9.31. The lowest BCUT2D eigenvalue weighted by Crippen LogP contribution is -2.36. The topological polar surface area (TPSA) is 128 Å². The number of H-pyrrole nitrogens is 1. The zero-order chi connectivity index (χ0) is 19.8. The molecule has 0 saturated carbocycles. The Morgan fingerprint density at radius 3 is 2.63 bits per heavy atom. The molecule has 27 heavy (non-hydrogen) atoms. The minimum Gasteiger partial charge on any atom is -0.481 e. The van der Waals surface area contributed by atoms with Crippen molar-refractivity contribution in [3.8, 4) is 0 Å². The molecule has 0 bridgehead atoms. The minimum absolute atomic E-state index is 0.0496. The molecule has 2 amide bonds. The number of carboxylic acids is 1. The van der Waals surface area contributed by atoms with Gasteiger partial charge in [-0.2, -0.15) is 0 Å². The second-order valence-electron chi connectivity index (χ2n) is 5.91. The Bertz CT molecular complexity index is 862. The first-order valence-electron chi connectivity index (χ1n) is 8.32. The van der Waals surface area contributed by atoms with Crippen LogP contribution in [-0.4, -0.2) is 45.3 Å². The van der Waals surface area contributed by atoms with Crippen molar-refractivity contribution in [2.45, 2.75) is 26.3 Å². The Morgan fingerprint density at radius 2 is 1.93 bits per heavy atom. The van der Waals surface area contributed by atoms with Crippen LogP contribution in [0.5, 0.6) is 0 Å². The van der Waals surface area contributed by atoms with Crippen molar-refractivity contribution < 1.29 is 24.3 Å². The molecule has 0 radical (unpaired) electrons. The number of carbonyl (C=O) groups is 4. The molecule has 0 spiro atoms. The van der Waals surface area contributed by atoms with Gasteiger partial charge in [-0.05, 0) is 23.3 Å². The van der Waals surface area contributed by atoms with E-state index >= 15 is 0 Å². The second-order valence-corrected chi connectivity index (χ2v) is 7.18. The van der Waals surface area contributed by atoms with E-state index in [0.717, 1.165) is 28.2 Å². The average Bonchev–Trinajstić information content (AvgIpc) is 2.99. The molecule has 2 aromatic rings. The summed E-state index contributed by atoms with van der Waals surface area (Å²) in [6, 6.07) is 5.50. The van der Waals surface area contributed by atoms with E-state index in [1.807, 2.05) is 18.2 Å². The van der Waals surface area contributed by atoms with Gasteiger partial charge in [0.25, 0.3) is 0 Å². The molecule has 9 heteroatoms. The van der Waals surface area contributed by atoms with Crippen LogP contribution in [0.25, 0.3) is 10.9 Å². The van der Waals surface area contributed by atoms with Gasteiger partial charge < -0.3 is 20.7 Å². The number of hydrogen-bond acceptors (Lipinski definition) is 5. The molecule has 1 heterocycles. The number of fused-ring (bicyclic) bond motifs is 1. The molecule has 4 N–H and O–H groups in total. The number of thioether (sulfide) groups is 1. The number of hydrogen-bond donors (Lipinski definition) is 4. The Morgan fingerprint density at radius 1 is 1.15 bits per heavy atom. The number of carbonyl (C=O) groups excluding carboxylic acids is 3. The molecule has 0 saturated heterocycles. The fourth-order valence-corrected chi connectivity index (χ4v) is 3.04. The quantitative estimate of drug-likeness (QED) is 0.508. The number of nitrogens with one attached hydrogen (secondary N) is 3. The number of aromatic nitrogens is 1. The molecule has 2 rings (SSSR count). The summed E-state index contributed by atoms with van der Waals surface area (Å²) in [6.45, 7) is 1.56. The third-order valence-corrected chi connectivity index (χ3v) is 4.56.